The number of rotatable bonds is 10. The van der Waals surface area contributed by atoms with Crippen LogP contribution in [0, 0.1) is 6.92 Å². The first-order valence-electron chi connectivity index (χ1n) is 11.3. The molecule has 0 bridgehead atoms. The summed E-state index contributed by atoms with van der Waals surface area (Å²) in [5.74, 6) is 1.39. The highest BCUT2D eigenvalue weighted by atomic mass is 32.1. The molecule has 2 unspecified atom stereocenters. The molecular weight excluding hydrogens is 464 g/mol. The Bertz CT molecular complexity index is 1440. The van der Waals surface area contributed by atoms with Crippen LogP contribution in [0.1, 0.15) is 39.7 Å². The minimum Gasteiger partial charge on any atom is -0.469 e. The van der Waals surface area contributed by atoms with Crippen molar-refractivity contribution in [2.75, 3.05) is 13.7 Å². The topological polar surface area (TPSA) is 111 Å². The van der Waals surface area contributed by atoms with E-state index in [-0.39, 0.29) is 11.6 Å². The molecule has 9 nitrogen and oxygen atoms in total. The SMILES string of the molecule is COCCn1nnnc1C(NC(Cc1ccco1)c1cccs1)c1cc2ccc(C)cc2[nH]c1=O. The molecule has 0 amide bonds. The maximum absolute atomic E-state index is 13.4. The molecule has 0 radical (unpaired) electrons. The van der Waals surface area contributed by atoms with Crippen LogP contribution in [0.3, 0.4) is 0 Å². The lowest BCUT2D eigenvalue weighted by molar-refractivity contribution is 0.181. The number of fused-ring (bicyclic) bond motifs is 1. The minimum absolute atomic E-state index is 0.133. The second kappa shape index (κ2) is 10.3. The van der Waals surface area contributed by atoms with Gasteiger partial charge in [0.2, 0.25) is 0 Å². The van der Waals surface area contributed by atoms with Crippen molar-refractivity contribution >= 4 is 22.2 Å². The van der Waals surface area contributed by atoms with Crippen LogP contribution in [-0.2, 0) is 17.7 Å². The van der Waals surface area contributed by atoms with Crippen LogP contribution < -0.4 is 10.9 Å². The first-order chi connectivity index (χ1) is 17.1. The predicted molar refractivity (Wildman–Crippen MR) is 133 cm³/mol. The van der Waals surface area contributed by atoms with Crippen molar-refractivity contribution in [3.63, 3.8) is 0 Å². The zero-order chi connectivity index (χ0) is 24.2. The summed E-state index contributed by atoms with van der Waals surface area (Å²) in [6.07, 6.45) is 2.27. The minimum atomic E-state index is -0.571. The van der Waals surface area contributed by atoms with Crippen LogP contribution in [0.25, 0.3) is 10.9 Å². The number of tetrazole rings is 1. The zero-order valence-corrected chi connectivity index (χ0v) is 20.3. The number of nitrogens with zero attached hydrogens (tertiary/aromatic N) is 4. The third-order valence-corrected chi connectivity index (χ3v) is 6.89. The number of aromatic nitrogens is 5. The molecule has 5 aromatic rings. The second-order valence-corrected chi connectivity index (χ2v) is 9.33. The number of ether oxygens (including phenoxy) is 1. The normalized spacial score (nSPS) is 13.3. The average molecular weight is 491 g/mol. The van der Waals surface area contributed by atoms with E-state index >= 15 is 0 Å². The molecule has 2 N–H and O–H groups in total. The van der Waals surface area contributed by atoms with Gasteiger partial charge in [-0.1, -0.05) is 18.2 Å². The summed E-state index contributed by atoms with van der Waals surface area (Å²) in [7, 11) is 1.63. The van der Waals surface area contributed by atoms with Gasteiger partial charge in [-0.25, -0.2) is 4.68 Å². The second-order valence-electron chi connectivity index (χ2n) is 8.35. The number of furan rings is 1. The molecular formula is C25H26N6O3S. The number of hydrogen-bond acceptors (Lipinski definition) is 8. The third-order valence-electron chi connectivity index (χ3n) is 5.91. The Kier molecular flexibility index (Phi) is 6.84. The van der Waals surface area contributed by atoms with Crippen molar-refractivity contribution < 1.29 is 9.15 Å². The molecule has 0 aliphatic rings. The summed E-state index contributed by atoms with van der Waals surface area (Å²) >= 11 is 1.65. The molecule has 0 saturated heterocycles. The number of aryl methyl sites for hydroxylation is 1. The molecule has 1 aromatic carbocycles. The summed E-state index contributed by atoms with van der Waals surface area (Å²) in [5.41, 5.74) is 2.22. The van der Waals surface area contributed by atoms with E-state index in [4.69, 9.17) is 9.15 Å². The summed E-state index contributed by atoms with van der Waals surface area (Å²) in [4.78, 5) is 17.5. The Labute approximate surface area is 205 Å². The largest absolute Gasteiger partial charge is 0.469 e. The monoisotopic (exact) mass is 490 g/mol. The van der Waals surface area contributed by atoms with E-state index in [0.717, 1.165) is 27.1 Å². The van der Waals surface area contributed by atoms with Crippen molar-refractivity contribution in [2.24, 2.45) is 0 Å². The van der Waals surface area contributed by atoms with Crippen molar-refractivity contribution in [2.45, 2.75) is 32.0 Å². The van der Waals surface area contributed by atoms with Gasteiger partial charge in [-0.3, -0.25) is 10.1 Å². The number of aromatic amines is 1. The highest BCUT2D eigenvalue weighted by molar-refractivity contribution is 7.10. The smallest absolute Gasteiger partial charge is 0.253 e. The average Bonchev–Trinajstić information content (AvgIpc) is 3.63. The molecule has 10 heteroatoms. The van der Waals surface area contributed by atoms with Crippen LogP contribution in [0.4, 0.5) is 0 Å². The quantitative estimate of drug-likeness (QED) is 0.306. The molecule has 0 aliphatic heterocycles. The van der Waals surface area contributed by atoms with Crippen LogP contribution in [-0.4, -0.2) is 38.9 Å². The molecule has 0 fully saturated rings. The molecule has 2 atom stereocenters. The van der Waals surface area contributed by atoms with E-state index in [2.05, 4.69) is 31.9 Å². The fourth-order valence-electron chi connectivity index (χ4n) is 4.17. The van der Waals surface area contributed by atoms with Gasteiger partial charge in [-0.05, 0) is 64.0 Å². The van der Waals surface area contributed by atoms with Crippen molar-refractivity contribution in [1.82, 2.24) is 30.5 Å². The number of pyridine rings is 1. The lowest BCUT2D eigenvalue weighted by atomic mass is 10.0. The lowest BCUT2D eigenvalue weighted by Crippen LogP contribution is -2.34. The molecule has 4 heterocycles. The fraction of sp³-hybridized carbons (Fsp3) is 0.280. The van der Waals surface area contributed by atoms with E-state index < -0.39 is 6.04 Å². The van der Waals surface area contributed by atoms with E-state index in [9.17, 15) is 4.79 Å². The van der Waals surface area contributed by atoms with E-state index in [1.807, 2.05) is 54.8 Å². The molecule has 180 valence electrons. The van der Waals surface area contributed by atoms with Gasteiger partial charge in [0, 0.05) is 35.5 Å². The number of H-pyrrole nitrogens is 1. The summed E-state index contributed by atoms with van der Waals surface area (Å²) in [6.45, 7) is 2.91. The maximum atomic E-state index is 13.4. The first-order valence-corrected chi connectivity index (χ1v) is 12.2. The molecule has 0 aliphatic carbocycles. The summed E-state index contributed by atoms with van der Waals surface area (Å²) in [6, 6.07) is 15.1. The highest BCUT2D eigenvalue weighted by Gasteiger charge is 2.28. The number of thiophene rings is 1. The van der Waals surface area contributed by atoms with Gasteiger partial charge in [0.1, 0.15) is 11.8 Å². The van der Waals surface area contributed by atoms with Crippen LogP contribution in [0.2, 0.25) is 0 Å². The van der Waals surface area contributed by atoms with Gasteiger partial charge in [0.15, 0.2) is 5.82 Å². The van der Waals surface area contributed by atoms with Gasteiger partial charge < -0.3 is 14.1 Å². The molecule has 0 saturated carbocycles. The van der Waals surface area contributed by atoms with Gasteiger partial charge in [0.05, 0.1) is 19.4 Å². The third kappa shape index (κ3) is 5.09. The summed E-state index contributed by atoms with van der Waals surface area (Å²) < 4.78 is 12.6. The van der Waals surface area contributed by atoms with Crippen LogP contribution in [0.15, 0.2) is 69.4 Å². The number of nitrogens with one attached hydrogen (secondary N) is 2. The summed E-state index contributed by atoms with van der Waals surface area (Å²) in [5, 5.41) is 19.0. The van der Waals surface area contributed by atoms with Gasteiger partial charge in [0.25, 0.3) is 5.56 Å². The Morgan fingerprint density at radius 1 is 1.23 bits per heavy atom. The van der Waals surface area contributed by atoms with Crippen molar-refractivity contribution in [3.8, 4) is 0 Å². The number of benzene rings is 1. The zero-order valence-electron chi connectivity index (χ0n) is 19.5. The molecule has 5 rings (SSSR count). The molecule has 4 aromatic heterocycles. The Hall–Kier alpha value is -3.60. The Balaban J connectivity index is 1.61. The number of hydrogen-bond donors (Lipinski definition) is 2. The van der Waals surface area contributed by atoms with Crippen molar-refractivity contribution in [3.05, 3.63) is 98.1 Å². The predicted octanol–water partition coefficient (Wildman–Crippen LogP) is 3.79. The Morgan fingerprint density at radius 3 is 2.91 bits per heavy atom. The van der Waals surface area contributed by atoms with Crippen molar-refractivity contribution in [1.29, 1.82) is 0 Å². The standard InChI is InChI=1S/C25H26N6O3S/c1-16-7-8-17-14-19(25(32)27-20(17)13-16)23(24-28-29-30-31(24)9-11-33-2)26-21(22-6-4-12-35-22)15-18-5-3-10-34-18/h3-8,10,12-14,21,23,26H,9,11,15H2,1-2H3,(H,27,32). The van der Waals surface area contributed by atoms with Crippen LogP contribution in [0.5, 0.6) is 0 Å². The number of methoxy groups -OCH3 is 1. The first kappa shape index (κ1) is 23.2. The van der Waals surface area contributed by atoms with Crippen LogP contribution >= 0.6 is 11.3 Å². The van der Waals surface area contributed by atoms with Gasteiger partial charge >= 0.3 is 0 Å². The maximum Gasteiger partial charge on any atom is 0.253 e. The molecule has 0 spiro atoms. The lowest BCUT2D eigenvalue weighted by Gasteiger charge is -2.24. The fourth-order valence-corrected chi connectivity index (χ4v) is 4.95. The van der Waals surface area contributed by atoms with E-state index in [1.54, 1.807) is 29.4 Å². The van der Waals surface area contributed by atoms with Gasteiger partial charge in [-0.2, -0.15) is 0 Å². The highest BCUT2D eigenvalue weighted by Crippen LogP contribution is 2.29. The van der Waals surface area contributed by atoms with E-state index in [0.29, 0.717) is 31.0 Å². The Morgan fingerprint density at radius 2 is 2.14 bits per heavy atom. The van der Waals surface area contributed by atoms with Gasteiger partial charge in [-0.15, -0.1) is 16.4 Å². The molecule has 35 heavy (non-hydrogen) atoms. The van der Waals surface area contributed by atoms with E-state index in [1.165, 1.54) is 0 Å².